The molecule has 1 aliphatic rings. The number of aromatic nitrogens is 4. The number of rotatable bonds is 4. The molecule has 4 aromatic rings. The Morgan fingerprint density at radius 2 is 2.00 bits per heavy atom. The molecule has 1 saturated heterocycles. The van der Waals surface area contributed by atoms with Crippen LogP contribution in [0.3, 0.4) is 0 Å². The van der Waals surface area contributed by atoms with Crippen LogP contribution in [0.2, 0.25) is 0 Å². The van der Waals surface area contributed by atoms with Crippen molar-refractivity contribution in [3.63, 3.8) is 0 Å². The molecule has 7 nitrogen and oxygen atoms in total. The van der Waals surface area contributed by atoms with Gasteiger partial charge >= 0.3 is 0 Å². The number of morpholine rings is 1. The maximum Gasteiger partial charge on any atom is 0.253 e. The fraction of sp³-hybridized carbons (Fsp3) is 0.320. The van der Waals surface area contributed by atoms with Gasteiger partial charge in [-0.3, -0.25) is 4.79 Å². The molecule has 3 aromatic heterocycles. The zero-order valence-corrected chi connectivity index (χ0v) is 18.7. The molecule has 1 aromatic carbocycles. The molecule has 0 N–H and O–H groups in total. The Hall–Kier alpha value is -3.45. The van der Waals surface area contributed by atoms with Crippen molar-refractivity contribution in [1.29, 1.82) is 0 Å². The molecule has 4 heterocycles. The van der Waals surface area contributed by atoms with E-state index in [0.29, 0.717) is 25.3 Å². The maximum atomic E-state index is 12.3. The summed E-state index contributed by atoms with van der Waals surface area (Å²) >= 11 is 0. The van der Waals surface area contributed by atoms with Gasteiger partial charge in [-0.2, -0.15) is 0 Å². The zero-order valence-electron chi connectivity index (χ0n) is 18.7. The standard InChI is InChI=1S/C25H27N5O2/c1-17-11-20(15-28(3)25(17)31)24-27-21-13-26-23(29-9-10-32-16-18(29)2)12-22(21)30(24)14-19-7-5-4-6-8-19/h4-8,11-13,15,18H,9-10,14,16H2,1-3H3/t18-/m0/s1. The van der Waals surface area contributed by atoms with Crippen molar-refractivity contribution < 1.29 is 4.74 Å². The van der Waals surface area contributed by atoms with Crippen LogP contribution in [0.25, 0.3) is 22.4 Å². The largest absolute Gasteiger partial charge is 0.377 e. The number of aryl methyl sites for hydroxylation is 2. The molecule has 0 spiro atoms. The Labute approximate surface area is 186 Å². The Morgan fingerprint density at radius 3 is 2.75 bits per heavy atom. The van der Waals surface area contributed by atoms with E-state index >= 15 is 0 Å². The van der Waals surface area contributed by atoms with Gasteiger partial charge in [0, 0.05) is 43.5 Å². The third-order valence-corrected chi connectivity index (χ3v) is 6.09. The molecular weight excluding hydrogens is 402 g/mol. The lowest BCUT2D eigenvalue weighted by Crippen LogP contribution is -2.44. The van der Waals surface area contributed by atoms with Gasteiger partial charge in [0.1, 0.15) is 17.2 Å². The van der Waals surface area contributed by atoms with E-state index in [2.05, 4.69) is 34.6 Å². The normalized spacial score (nSPS) is 16.6. The van der Waals surface area contributed by atoms with E-state index in [1.165, 1.54) is 5.56 Å². The van der Waals surface area contributed by atoms with Crippen LogP contribution in [-0.2, 0) is 18.3 Å². The number of anilines is 1. The molecular formula is C25H27N5O2. The summed E-state index contributed by atoms with van der Waals surface area (Å²) in [5, 5.41) is 0. The van der Waals surface area contributed by atoms with Crippen LogP contribution < -0.4 is 10.5 Å². The van der Waals surface area contributed by atoms with E-state index in [-0.39, 0.29) is 11.6 Å². The minimum absolute atomic E-state index is 0.00438. The summed E-state index contributed by atoms with van der Waals surface area (Å²) in [4.78, 5) is 24.2. The van der Waals surface area contributed by atoms with E-state index in [1.807, 2.05) is 43.6 Å². The van der Waals surface area contributed by atoms with Crippen molar-refractivity contribution in [3.05, 3.63) is 76.3 Å². The van der Waals surface area contributed by atoms with E-state index in [1.54, 1.807) is 11.6 Å². The third-order valence-electron chi connectivity index (χ3n) is 6.09. The first kappa shape index (κ1) is 20.5. The Morgan fingerprint density at radius 1 is 1.19 bits per heavy atom. The molecule has 0 bridgehead atoms. The lowest BCUT2D eigenvalue weighted by Gasteiger charge is -2.34. The number of ether oxygens (including phenoxy) is 1. The van der Waals surface area contributed by atoms with Crippen molar-refractivity contribution >= 4 is 16.9 Å². The molecule has 0 unspecified atom stereocenters. The fourth-order valence-corrected chi connectivity index (χ4v) is 4.39. The first-order valence-electron chi connectivity index (χ1n) is 10.9. The predicted octanol–water partition coefficient (Wildman–Crippen LogP) is 3.38. The average Bonchev–Trinajstić information content (AvgIpc) is 3.16. The number of fused-ring (bicyclic) bond motifs is 1. The van der Waals surface area contributed by atoms with Gasteiger partial charge in [0.15, 0.2) is 0 Å². The molecule has 164 valence electrons. The molecule has 1 atom stereocenters. The highest BCUT2D eigenvalue weighted by Gasteiger charge is 2.22. The van der Waals surface area contributed by atoms with Gasteiger partial charge in [0.25, 0.3) is 5.56 Å². The number of hydrogen-bond acceptors (Lipinski definition) is 5. The molecule has 0 aliphatic carbocycles. The zero-order chi connectivity index (χ0) is 22.2. The molecule has 0 saturated carbocycles. The van der Waals surface area contributed by atoms with E-state index < -0.39 is 0 Å². The first-order chi connectivity index (χ1) is 15.5. The molecule has 1 fully saturated rings. The topological polar surface area (TPSA) is 65.2 Å². The van der Waals surface area contributed by atoms with Crippen LogP contribution in [0.4, 0.5) is 5.82 Å². The molecule has 5 rings (SSSR count). The summed E-state index contributed by atoms with van der Waals surface area (Å²) in [5.74, 6) is 1.77. The van der Waals surface area contributed by atoms with Gasteiger partial charge < -0.3 is 18.8 Å². The highest BCUT2D eigenvalue weighted by atomic mass is 16.5. The molecule has 0 radical (unpaired) electrons. The smallest absolute Gasteiger partial charge is 0.253 e. The van der Waals surface area contributed by atoms with Gasteiger partial charge in [0.05, 0.1) is 31.0 Å². The van der Waals surface area contributed by atoms with Crippen LogP contribution in [0.15, 0.2) is 59.7 Å². The lowest BCUT2D eigenvalue weighted by molar-refractivity contribution is 0.0985. The third kappa shape index (κ3) is 3.69. The number of nitrogens with zero attached hydrogens (tertiary/aromatic N) is 5. The maximum absolute atomic E-state index is 12.3. The minimum atomic E-state index is 0.00438. The van der Waals surface area contributed by atoms with Gasteiger partial charge in [-0.15, -0.1) is 0 Å². The summed E-state index contributed by atoms with van der Waals surface area (Å²) in [6, 6.07) is 14.7. The van der Waals surface area contributed by atoms with E-state index in [9.17, 15) is 4.79 Å². The monoisotopic (exact) mass is 429 g/mol. The summed E-state index contributed by atoms with van der Waals surface area (Å²) in [5.41, 5.74) is 4.67. The fourth-order valence-electron chi connectivity index (χ4n) is 4.39. The highest BCUT2D eigenvalue weighted by Crippen LogP contribution is 2.29. The number of pyridine rings is 2. The Bertz CT molecular complexity index is 1300. The van der Waals surface area contributed by atoms with Crippen LogP contribution in [0.5, 0.6) is 0 Å². The van der Waals surface area contributed by atoms with Crippen molar-refractivity contribution in [3.8, 4) is 11.4 Å². The van der Waals surface area contributed by atoms with Crippen molar-refractivity contribution in [2.75, 3.05) is 24.7 Å². The second-order valence-corrected chi connectivity index (χ2v) is 8.48. The van der Waals surface area contributed by atoms with Crippen molar-refractivity contribution in [2.45, 2.75) is 26.4 Å². The summed E-state index contributed by atoms with van der Waals surface area (Å²) < 4.78 is 9.45. The minimum Gasteiger partial charge on any atom is -0.377 e. The number of hydrogen-bond donors (Lipinski definition) is 0. The van der Waals surface area contributed by atoms with Crippen molar-refractivity contribution in [1.82, 2.24) is 19.1 Å². The summed E-state index contributed by atoms with van der Waals surface area (Å²) in [6.45, 7) is 6.90. The number of imidazole rings is 1. The highest BCUT2D eigenvalue weighted by molar-refractivity contribution is 5.82. The van der Waals surface area contributed by atoms with Crippen LogP contribution >= 0.6 is 0 Å². The molecule has 7 heteroatoms. The molecule has 32 heavy (non-hydrogen) atoms. The van der Waals surface area contributed by atoms with Gasteiger partial charge in [0.2, 0.25) is 0 Å². The van der Waals surface area contributed by atoms with E-state index in [4.69, 9.17) is 14.7 Å². The summed E-state index contributed by atoms with van der Waals surface area (Å²) in [7, 11) is 1.78. The van der Waals surface area contributed by atoms with Gasteiger partial charge in [-0.1, -0.05) is 30.3 Å². The van der Waals surface area contributed by atoms with E-state index in [0.717, 1.165) is 34.8 Å². The Kier molecular flexibility index (Phi) is 5.27. The van der Waals surface area contributed by atoms with Crippen LogP contribution in [0, 0.1) is 6.92 Å². The quantitative estimate of drug-likeness (QED) is 0.498. The summed E-state index contributed by atoms with van der Waals surface area (Å²) in [6.07, 6.45) is 3.71. The second kappa shape index (κ2) is 8.24. The first-order valence-corrected chi connectivity index (χ1v) is 10.9. The SMILES string of the molecule is Cc1cc(-c2nc3cnc(N4CCOC[C@@H]4C)cc3n2Cc2ccccc2)cn(C)c1=O. The van der Waals surface area contributed by atoms with Gasteiger partial charge in [-0.25, -0.2) is 9.97 Å². The average molecular weight is 430 g/mol. The molecule has 1 aliphatic heterocycles. The number of benzene rings is 1. The second-order valence-electron chi connectivity index (χ2n) is 8.48. The van der Waals surface area contributed by atoms with Gasteiger partial charge in [-0.05, 0) is 25.5 Å². The lowest BCUT2D eigenvalue weighted by atomic mass is 10.2. The van der Waals surface area contributed by atoms with Crippen LogP contribution in [0.1, 0.15) is 18.1 Å². The van der Waals surface area contributed by atoms with Crippen LogP contribution in [-0.4, -0.2) is 44.9 Å². The van der Waals surface area contributed by atoms with Crippen molar-refractivity contribution in [2.24, 2.45) is 7.05 Å². The predicted molar refractivity (Wildman–Crippen MR) is 126 cm³/mol. The Balaban J connectivity index is 1.69. The molecule has 0 amide bonds.